The summed E-state index contributed by atoms with van der Waals surface area (Å²) < 4.78 is 32.1. The maximum absolute atomic E-state index is 6.07. The zero-order valence-corrected chi connectivity index (χ0v) is 16.7. The van der Waals surface area contributed by atoms with E-state index >= 15 is 0 Å². The van der Waals surface area contributed by atoms with Crippen molar-refractivity contribution >= 4 is 0 Å². The van der Waals surface area contributed by atoms with Crippen molar-refractivity contribution in [2.24, 2.45) is 0 Å². The van der Waals surface area contributed by atoms with E-state index in [1.54, 1.807) is 3.30 Å². The summed E-state index contributed by atoms with van der Waals surface area (Å²) in [7, 11) is 3.65. The monoisotopic (exact) mass is 450 g/mol. The number of hydrogen-bond acceptors (Lipinski definition) is 6. The third-order valence-electron chi connectivity index (χ3n) is 2.80. The van der Waals surface area contributed by atoms with Gasteiger partial charge in [0.1, 0.15) is 0 Å². The fourth-order valence-corrected chi connectivity index (χ4v) is 18.8. The van der Waals surface area contributed by atoms with Crippen LogP contribution >= 0.6 is 0 Å². The number of rotatable bonds is 11. The molecule has 0 radical (unpaired) electrons. The maximum atomic E-state index is 6.07. The van der Waals surface area contributed by atoms with Crippen molar-refractivity contribution in [2.75, 3.05) is 47.1 Å². The summed E-state index contributed by atoms with van der Waals surface area (Å²) in [5, 5.41) is 0. The molecule has 0 atom stereocenters. The van der Waals surface area contributed by atoms with Gasteiger partial charge in [0, 0.05) is 0 Å². The van der Waals surface area contributed by atoms with E-state index in [1.807, 2.05) is 48.7 Å². The molecule has 0 aliphatic carbocycles. The van der Waals surface area contributed by atoms with Crippen LogP contribution in [0.4, 0.5) is 0 Å². The first kappa shape index (κ1) is 19.5. The predicted molar refractivity (Wildman–Crippen MR) is 71.8 cm³/mol. The molecule has 0 fully saturated rings. The van der Waals surface area contributed by atoms with Crippen molar-refractivity contribution in [2.45, 2.75) is 34.6 Å². The molecule has 0 aromatic carbocycles. The van der Waals surface area contributed by atoms with Gasteiger partial charge in [0.15, 0.2) is 0 Å². The van der Waals surface area contributed by atoms with Gasteiger partial charge in [0.2, 0.25) is 0 Å². The molecular formula is C12H31NO5Ta. The first-order valence-corrected chi connectivity index (χ1v) is 15.0. The molecule has 0 saturated heterocycles. The summed E-state index contributed by atoms with van der Waals surface area (Å²) in [5.74, 6) is 0. The predicted octanol–water partition coefficient (Wildman–Crippen LogP) is 2.45. The number of nitrogens with zero attached hydrogens (tertiary/aromatic N) is 1. The van der Waals surface area contributed by atoms with E-state index in [9.17, 15) is 0 Å². The van der Waals surface area contributed by atoms with Crippen LogP contribution in [0.15, 0.2) is 0 Å². The molecule has 0 aromatic heterocycles. The Hall–Kier alpha value is 0.500. The SMILES string of the molecule is CC[O][Ta]([O]CC)([O]CC)([O]CC)([O]CC)[N](C)C. The summed E-state index contributed by atoms with van der Waals surface area (Å²) in [6.45, 7) is 11.3. The minimum atomic E-state index is -5.85. The molecule has 19 heavy (non-hydrogen) atoms. The molecule has 0 rings (SSSR count). The fourth-order valence-electron chi connectivity index (χ4n) is 2.29. The Balaban J connectivity index is 6.18. The van der Waals surface area contributed by atoms with E-state index in [0.29, 0.717) is 33.0 Å². The van der Waals surface area contributed by atoms with Crippen LogP contribution < -0.4 is 0 Å². The van der Waals surface area contributed by atoms with E-state index in [1.165, 1.54) is 0 Å². The van der Waals surface area contributed by atoms with Crippen LogP contribution in [0.1, 0.15) is 34.6 Å². The van der Waals surface area contributed by atoms with Gasteiger partial charge in [0.25, 0.3) is 0 Å². The molecular weight excluding hydrogens is 419 g/mol. The standard InChI is InChI=1S/C2H6N.5C2H5O.Ta/c1-3-2;5*1-2-3;/h1-2H3;5*2H2,1H3;/q6*-1;+6. The second-order valence-electron chi connectivity index (χ2n) is 4.09. The van der Waals surface area contributed by atoms with Gasteiger partial charge in [-0.2, -0.15) is 0 Å². The van der Waals surface area contributed by atoms with Gasteiger partial charge in [0.05, 0.1) is 0 Å². The topological polar surface area (TPSA) is 49.4 Å². The summed E-state index contributed by atoms with van der Waals surface area (Å²) >= 11 is -5.85. The molecule has 0 heterocycles. The van der Waals surface area contributed by atoms with Crippen molar-refractivity contribution in [3.8, 4) is 0 Å². The second-order valence-corrected chi connectivity index (χ2v) is 19.9. The van der Waals surface area contributed by atoms with Crippen LogP contribution in [0, 0.1) is 0 Å². The quantitative estimate of drug-likeness (QED) is 0.482. The van der Waals surface area contributed by atoms with E-state index in [4.69, 9.17) is 16.2 Å². The van der Waals surface area contributed by atoms with Crippen molar-refractivity contribution in [1.82, 2.24) is 3.30 Å². The molecule has 0 aromatic rings. The van der Waals surface area contributed by atoms with Crippen molar-refractivity contribution in [1.29, 1.82) is 0 Å². The zero-order valence-electron chi connectivity index (χ0n) is 13.5. The van der Waals surface area contributed by atoms with Gasteiger partial charge < -0.3 is 0 Å². The molecule has 0 N–H and O–H groups in total. The van der Waals surface area contributed by atoms with Crippen molar-refractivity contribution in [3.63, 3.8) is 0 Å². The summed E-state index contributed by atoms with van der Waals surface area (Å²) in [6.07, 6.45) is 0. The Morgan fingerprint density at radius 3 is 0.895 bits per heavy atom. The van der Waals surface area contributed by atoms with E-state index < -0.39 is 16.7 Å². The van der Waals surface area contributed by atoms with Gasteiger partial charge in [-0.1, -0.05) is 0 Å². The van der Waals surface area contributed by atoms with Crippen LogP contribution in [0.2, 0.25) is 0 Å². The number of hydrogen-bond donors (Lipinski definition) is 0. The molecule has 0 aliphatic heterocycles. The molecule has 0 spiro atoms. The average molecular weight is 450 g/mol. The normalized spacial score (nSPS) is 16.4. The van der Waals surface area contributed by atoms with Crippen LogP contribution in [-0.4, -0.2) is 50.4 Å². The summed E-state index contributed by atoms with van der Waals surface area (Å²) in [5.41, 5.74) is 0. The second kappa shape index (κ2) is 6.98. The van der Waals surface area contributed by atoms with Gasteiger partial charge in [-0.3, -0.25) is 0 Å². The van der Waals surface area contributed by atoms with Crippen LogP contribution in [-0.2, 0) is 33.0 Å². The summed E-state index contributed by atoms with van der Waals surface area (Å²) in [4.78, 5) is 0. The third-order valence-corrected chi connectivity index (χ3v) is 23.0. The van der Waals surface area contributed by atoms with Gasteiger partial charge in [-0.05, 0) is 0 Å². The van der Waals surface area contributed by atoms with Gasteiger partial charge in [-0.25, -0.2) is 0 Å². The Morgan fingerprint density at radius 1 is 0.579 bits per heavy atom. The molecule has 119 valence electrons. The summed E-state index contributed by atoms with van der Waals surface area (Å²) in [6, 6.07) is 0. The van der Waals surface area contributed by atoms with E-state index in [0.717, 1.165) is 0 Å². The first-order chi connectivity index (χ1) is 8.87. The van der Waals surface area contributed by atoms with Gasteiger partial charge in [-0.15, -0.1) is 0 Å². The zero-order chi connectivity index (χ0) is 15.1. The Morgan fingerprint density at radius 2 is 0.789 bits per heavy atom. The molecule has 0 amide bonds. The van der Waals surface area contributed by atoms with E-state index in [-0.39, 0.29) is 0 Å². The van der Waals surface area contributed by atoms with Crippen LogP contribution in [0.5, 0.6) is 0 Å². The third kappa shape index (κ3) is 3.07. The molecule has 6 nitrogen and oxygen atoms in total. The minimum absolute atomic E-state index is 0.386. The van der Waals surface area contributed by atoms with Crippen molar-refractivity contribution < 1.29 is 33.0 Å². The molecule has 7 heteroatoms. The fraction of sp³-hybridized carbons (Fsp3) is 1.00. The van der Waals surface area contributed by atoms with Crippen LogP contribution in [0.25, 0.3) is 0 Å². The molecule has 0 saturated carbocycles. The first-order valence-electron chi connectivity index (χ1n) is 6.99. The van der Waals surface area contributed by atoms with Crippen molar-refractivity contribution in [3.05, 3.63) is 0 Å². The molecule has 0 unspecified atom stereocenters. The Bertz CT molecular complexity index is 225. The molecule has 0 aliphatic rings. The molecule has 0 bridgehead atoms. The Kier molecular flexibility index (Phi) is 7.16. The van der Waals surface area contributed by atoms with Crippen LogP contribution in [0.3, 0.4) is 0 Å². The average Bonchev–Trinajstić information content (AvgIpc) is 2.31. The van der Waals surface area contributed by atoms with E-state index in [2.05, 4.69) is 0 Å². The Labute approximate surface area is 118 Å². The van der Waals surface area contributed by atoms with Gasteiger partial charge >= 0.3 is 118 Å².